The number of ether oxygens (including phenoxy) is 2. The predicted octanol–water partition coefficient (Wildman–Crippen LogP) is 3.82. The van der Waals surface area contributed by atoms with E-state index in [4.69, 9.17) is 9.47 Å². The smallest absolute Gasteiger partial charge is 0.310 e. The minimum Gasteiger partial charge on any atom is -0.486 e. The third-order valence-corrected chi connectivity index (χ3v) is 3.17. The van der Waals surface area contributed by atoms with Crippen LogP contribution in [0.25, 0.3) is 0 Å². The summed E-state index contributed by atoms with van der Waals surface area (Å²) < 4.78 is 24.6. The van der Waals surface area contributed by atoms with Gasteiger partial charge in [0.1, 0.15) is 6.61 Å². The van der Waals surface area contributed by atoms with Crippen molar-refractivity contribution in [2.75, 3.05) is 6.61 Å². The van der Waals surface area contributed by atoms with E-state index in [1.807, 2.05) is 30.3 Å². The average Bonchev–Trinajstić information content (AvgIpc) is 2.47. The first-order chi connectivity index (χ1) is 10.6. The number of hydrogen-bond acceptors (Lipinski definition) is 3. The largest absolute Gasteiger partial charge is 0.486 e. The molecule has 116 valence electrons. The summed E-state index contributed by atoms with van der Waals surface area (Å²) in [5, 5.41) is 0. The normalized spacial score (nSPS) is 10.3. The number of aryl methyl sites for hydroxylation is 1. The molecule has 0 aromatic heterocycles. The van der Waals surface area contributed by atoms with Crippen molar-refractivity contribution >= 4 is 5.97 Å². The molecule has 0 atom stereocenters. The van der Waals surface area contributed by atoms with Gasteiger partial charge in [0.2, 0.25) is 0 Å². The zero-order valence-electron chi connectivity index (χ0n) is 12.8. The van der Waals surface area contributed by atoms with Gasteiger partial charge < -0.3 is 9.47 Å². The number of carbonyl (C=O) groups is 1. The highest BCUT2D eigenvalue weighted by Gasteiger charge is 2.12. The summed E-state index contributed by atoms with van der Waals surface area (Å²) in [4.78, 5) is 11.5. The average molecular weight is 302 g/mol. The lowest BCUT2D eigenvalue weighted by molar-refractivity contribution is -0.142. The van der Waals surface area contributed by atoms with E-state index in [0.717, 1.165) is 5.56 Å². The molecular weight excluding hydrogens is 283 g/mol. The monoisotopic (exact) mass is 302 g/mol. The number of esters is 1. The fourth-order valence-electron chi connectivity index (χ4n) is 2.20. The highest BCUT2D eigenvalue weighted by Crippen LogP contribution is 2.25. The zero-order valence-corrected chi connectivity index (χ0v) is 12.8. The van der Waals surface area contributed by atoms with Gasteiger partial charge in [-0.2, -0.15) is 0 Å². The van der Waals surface area contributed by atoms with Crippen molar-refractivity contribution in [2.24, 2.45) is 0 Å². The van der Waals surface area contributed by atoms with E-state index in [-0.39, 0.29) is 18.1 Å². The van der Waals surface area contributed by atoms with E-state index in [1.165, 1.54) is 6.07 Å². The predicted molar refractivity (Wildman–Crippen MR) is 82.2 cm³/mol. The van der Waals surface area contributed by atoms with Crippen molar-refractivity contribution in [3.05, 3.63) is 65.0 Å². The van der Waals surface area contributed by atoms with Crippen molar-refractivity contribution in [3.8, 4) is 5.75 Å². The van der Waals surface area contributed by atoms with Gasteiger partial charge in [-0.15, -0.1) is 0 Å². The van der Waals surface area contributed by atoms with E-state index >= 15 is 0 Å². The number of carbonyl (C=O) groups excluding carboxylic acids is 1. The molecule has 0 heterocycles. The summed E-state index contributed by atoms with van der Waals surface area (Å²) in [5.41, 5.74) is 2.22. The first kappa shape index (κ1) is 16.0. The van der Waals surface area contributed by atoms with Gasteiger partial charge in [-0.1, -0.05) is 36.4 Å². The van der Waals surface area contributed by atoms with Crippen molar-refractivity contribution < 1.29 is 18.7 Å². The van der Waals surface area contributed by atoms with Crippen LogP contribution < -0.4 is 4.74 Å². The molecule has 3 nitrogen and oxygen atoms in total. The van der Waals surface area contributed by atoms with Crippen LogP contribution in [-0.2, 0) is 22.6 Å². The van der Waals surface area contributed by atoms with E-state index in [2.05, 4.69) is 0 Å². The third-order valence-electron chi connectivity index (χ3n) is 3.17. The van der Waals surface area contributed by atoms with Crippen LogP contribution in [0.2, 0.25) is 0 Å². The van der Waals surface area contributed by atoms with Crippen molar-refractivity contribution in [1.29, 1.82) is 0 Å². The van der Waals surface area contributed by atoms with Gasteiger partial charge in [-0.05, 0) is 36.6 Å². The quantitative estimate of drug-likeness (QED) is 0.761. The minimum absolute atomic E-state index is 0.0601. The molecule has 0 N–H and O–H groups in total. The molecule has 0 radical (unpaired) electrons. The van der Waals surface area contributed by atoms with Crippen molar-refractivity contribution in [3.63, 3.8) is 0 Å². The maximum atomic E-state index is 14.2. The van der Waals surface area contributed by atoms with Gasteiger partial charge >= 0.3 is 5.97 Å². The molecule has 22 heavy (non-hydrogen) atoms. The Morgan fingerprint density at radius 3 is 2.50 bits per heavy atom. The van der Waals surface area contributed by atoms with Gasteiger partial charge in [0.05, 0.1) is 13.0 Å². The molecule has 2 aromatic carbocycles. The first-order valence-corrected chi connectivity index (χ1v) is 7.21. The Labute approximate surface area is 129 Å². The highest BCUT2D eigenvalue weighted by atomic mass is 19.1. The third kappa shape index (κ3) is 4.32. The molecule has 2 rings (SSSR count). The summed E-state index contributed by atoms with van der Waals surface area (Å²) in [7, 11) is 0. The molecule has 0 unspecified atom stereocenters. The molecule has 4 heteroatoms. The van der Waals surface area contributed by atoms with Crippen LogP contribution in [0.5, 0.6) is 5.75 Å². The highest BCUT2D eigenvalue weighted by molar-refractivity contribution is 5.72. The maximum absolute atomic E-state index is 14.2. The summed E-state index contributed by atoms with van der Waals surface area (Å²) >= 11 is 0. The standard InChI is InChI=1S/C18H19FO3/c1-3-21-17(20)11-15-9-13(2)18(16(19)10-15)22-12-14-7-5-4-6-8-14/h4-10H,3,11-12H2,1-2H3. The lowest BCUT2D eigenvalue weighted by Crippen LogP contribution is -2.08. The molecule has 2 aromatic rings. The second kappa shape index (κ2) is 7.59. The number of rotatable bonds is 6. The molecule has 0 aliphatic carbocycles. The molecule has 0 amide bonds. The molecule has 0 aliphatic rings. The van der Waals surface area contributed by atoms with E-state index in [9.17, 15) is 9.18 Å². The molecular formula is C18H19FO3. The van der Waals surface area contributed by atoms with E-state index in [0.29, 0.717) is 24.3 Å². The Morgan fingerprint density at radius 1 is 1.14 bits per heavy atom. The van der Waals surface area contributed by atoms with Crippen LogP contribution in [0.4, 0.5) is 4.39 Å². The molecule has 0 saturated heterocycles. The van der Waals surface area contributed by atoms with Crippen LogP contribution in [0.15, 0.2) is 42.5 Å². The fraction of sp³-hybridized carbons (Fsp3) is 0.278. The Morgan fingerprint density at radius 2 is 1.86 bits per heavy atom. The van der Waals surface area contributed by atoms with Crippen LogP contribution in [-0.4, -0.2) is 12.6 Å². The van der Waals surface area contributed by atoms with Crippen LogP contribution >= 0.6 is 0 Å². The lowest BCUT2D eigenvalue weighted by atomic mass is 10.1. The second-order valence-electron chi connectivity index (χ2n) is 4.98. The van der Waals surface area contributed by atoms with Gasteiger partial charge in [0.25, 0.3) is 0 Å². The van der Waals surface area contributed by atoms with Gasteiger partial charge in [0, 0.05) is 0 Å². The SMILES string of the molecule is CCOC(=O)Cc1cc(C)c(OCc2ccccc2)c(F)c1. The molecule has 0 spiro atoms. The fourth-order valence-corrected chi connectivity index (χ4v) is 2.20. The zero-order chi connectivity index (χ0) is 15.9. The topological polar surface area (TPSA) is 35.5 Å². The number of halogens is 1. The van der Waals surface area contributed by atoms with Crippen LogP contribution in [0, 0.1) is 12.7 Å². The molecule has 0 bridgehead atoms. The summed E-state index contributed by atoms with van der Waals surface area (Å²) in [6.45, 7) is 4.12. The summed E-state index contributed by atoms with van der Waals surface area (Å²) in [6, 6.07) is 12.6. The summed E-state index contributed by atoms with van der Waals surface area (Å²) in [6.07, 6.45) is 0.0601. The first-order valence-electron chi connectivity index (χ1n) is 7.21. The van der Waals surface area contributed by atoms with E-state index < -0.39 is 5.82 Å². The van der Waals surface area contributed by atoms with Crippen LogP contribution in [0.1, 0.15) is 23.6 Å². The van der Waals surface area contributed by atoms with Crippen molar-refractivity contribution in [1.82, 2.24) is 0 Å². The van der Waals surface area contributed by atoms with Crippen molar-refractivity contribution in [2.45, 2.75) is 26.9 Å². The number of hydrogen-bond donors (Lipinski definition) is 0. The Hall–Kier alpha value is -2.36. The Bertz CT molecular complexity index is 615. The number of benzene rings is 2. The van der Waals surface area contributed by atoms with Crippen LogP contribution in [0.3, 0.4) is 0 Å². The Balaban J connectivity index is 2.08. The lowest BCUT2D eigenvalue weighted by Gasteiger charge is -2.12. The van der Waals surface area contributed by atoms with Gasteiger partial charge in [-0.3, -0.25) is 4.79 Å². The molecule has 0 fully saturated rings. The van der Waals surface area contributed by atoms with Gasteiger partial charge in [0.15, 0.2) is 11.6 Å². The maximum Gasteiger partial charge on any atom is 0.310 e. The molecule has 0 saturated carbocycles. The molecule has 0 aliphatic heterocycles. The van der Waals surface area contributed by atoms with E-state index in [1.54, 1.807) is 19.9 Å². The minimum atomic E-state index is -0.463. The summed E-state index contributed by atoms with van der Waals surface area (Å²) in [5.74, 6) is -0.606. The second-order valence-corrected chi connectivity index (χ2v) is 4.98. The Kier molecular flexibility index (Phi) is 5.53. The van der Waals surface area contributed by atoms with Gasteiger partial charge in [-0.25, -0.2) is 4.39 Å².